The molecule has 0 aliphatic carbocycles. The van der Waals surface area contributed by atoms with Gasteiger partial charge in [0.25, 0.3) is 5.56 Å². The molecule has 1 amide bonds. The van der Waals surface area contributed by atoms with E-state index in [0.29, 0.717) is 29.5 Å². The van der Waals surface area contributed by atoms with Crippen LogP contribution in [0.25, 0.3) is 5.69 Å². The van der Waals surface area contributed by atoms with Gasteiger partial charge in [0.1, 0.15) is 5.02 Å². The van der Waals surface area contributed by atoms with Crippen LogP contribution in [0.15, 0.2) is 29.2 Å². The van der Waals surface area contributed by atoms with Crippen LogP contribution in [0.4, 0.5) is 5.69 Å². The van der Waals surface area contributed by atoms with Gasteiger partial charge in [0.15, 0.2) is 0 Å². The summed E-state index contributed by atoms with van der Waals surface area (Å²) in [5.74, 6) is 0.0625. The van der Waals surface area contributed by atoms with E-state index in [9.17, 15) is 9.59 Å². The minimum absolute atomic E-state index is 0.0625. The van der Waals surface area contributed by atoms with Crippen molar-refractivity contribution in [3.8, 4) is 5.69 Å². The Balaban J connectivity index is 1.83. The van der Waals surface area contributed by atoms with Gasteiger partial charge in [-0.25, -0.2) is 0 Å². The second-order valence-electron chi connectivity index (χ2n) is 6.84. The molecule has 2 heterocycles. The molecule has 0 spiro atoms. The van der Waals surface area contributed by atoms with E-state index >= 15 is 0 Å². The number of aryl methyl sites for hydroxylation is 1. The van der Waals surface area contributed by atoms with Gasteiger partial charge in [-0.1, -0.05) is 29.3 Å². The van der Waals surface area contributed by atoms with E-state index in [0.717, 1.165) is 18.4 Å². The molecule has 1 fully saturated rings. The summed E-state index contributed by atoms with van der Waals surface area (Å²) >= 11 is 12.5. The van der Waals surface area contributed by atoms with Crippen molar-refractivity contribution < 1.29 is 4.79 Å². The molecule has 1 aromatic carbocycles. The molecule has 3 rings (SSSR count). The molecule has 8 heteroatoms. The molecule has 0 radical (unpaired) electrons. The topological polar surface area (TPSA) is 58.4 Å². The second kappa shape index (κ2) is 7.90. The molecule has 0 bridgehead atoms. The van der Waals surface area contributed by atoms with E-state index in [4.69, 9.17) is 23.2 Å². The average molecular weight is 409 g/mol. The van der Waals surface area contributed by atoms with Gasteiger partial charge >= 0.3 is 0 Å². The normalized spacial score (nSPS) is 15.1. The van der Waals surface area contributed by atoms with Gasteiger partial charge < -0.3 is 9.80 Å². The molecule has 0 atom stereocenters. The first kappa shape index (κ1) is 19.7. The fourth-order valence-corrected chi connectivity index (χ4v) is 3.72. The Labute approximate surface area is 168 Å². The Morgan fingerprint density at radius 2 is 1.93 bits per heavy atom. The SMILES string of the molecule is CC(=O)N(C)C1CCN(c2cnn(-c3ccc(C)c(Cl)c3)c(=O)c2Cl)CC1. The lowest BCUT2D eigenvalue weighted by atomic mass is 10.0. The van der Waals surface area contributed by atoms with Crippen LogP contribution >= 0.6 is 23.2 Å². The summed E-state index contributed by atoms with van der Waals surface area (Å²) in [5.41, 5.74) is 1.75. The number of amides is 1. The lowest BCUT2D eigenvalue weighted by molar-refractivity contribution is -0.129. The van der Waals surface area contributed by atoms with Gasteiger partial charge in [-0.2, -0.15) is 9.78 Å². The van der Waals surface area contributed by atoms with Gasteiger partial charge in [-0.05, 0) is 37.5 Å². The molecule has 1 aliphatic rings. The number of carbonyl (C=O) groups excluding carboxylic acids is 1. The highest BCUT2D eigenvalue weighted by atomic mass is 35.5. The first-order valence-corrected chi connectivity index (χ1v) is 9.58. The van der Waals surface area contributed by atoms with Gasteiger partial charge in [0, 0.05) is 38.1 Å². The highest BCUT2D eigenvalue weighted by Crippen LogP contribution is 2.27. The number of aromatic nitrogens is 2. The Kier molecular flexibility index (Phi) is 5.77. The van der Waals surface area contributed by atoms with E-state index in [1.807, 2.05) is 24.9 Å². The summed E-state index contributed by atoms with van der Waals surface area (Å²) in [6.07, 6.45) is 3.26. The van der Waals surface area contributed by atoms with E-state index in [1.54, 1.807) is 30.2 Å². The van der Waals surface area contributed by atoms with E-state index < -0.39 is 0 Å². The summed E-state index contributed by atoms with van der Waals surface area (Å²) in [6.45, 7) is 4.89. The first-order valence-electron chi connectivity index (χ1n) is 8.82. The standard InChI is InChI=1S/C19H22Cl2N4O2/c1-12-4-5-15(10-16(12)20)25-19(27)18(21)17(11-22-25)24-8-6-14(7-9-24)23(3)13(2)26/h4-5,10-11,14H,6-9H2,1-3H3. The van der Waals surface area contributed by atoms with Crippen LogP contribution in [-0.2, 0) is 4.79 Å². The van der Waals surface area contributed by atoms with Crippen LogP contribution in [-0.4, -0.2) is 46.8 Å². The predicted octanol–water partition coefficient (Wildman–Crippen LogP) is 3.29. The van der Waals surface area contributed by atoms with E-state index in [2.05, 4.69) is 5.10 Å². The van der Waals surface area contributed by atoms with Crippen molar-refractivity contribution in [2.24, 2.45) is 0 Å². The Morgan fingerprint density at radius 1 is 1.26 bits per heavy atom. The molecule has 1 aromatic heterocycles. The second-order valence-corrected chi connectivity index (χ2v) is 7.63. The minimum atomic E-state index is -0.378. The number of hydrogen-bond acceptors (Lipinski definition) is 4. The van der Waals surface area contributed by atoms with E-state index in [-0.39, 0.29) is 22.5 Å². The van der Waals surface area contributed by atoms with Crippen molar-refractivity contribution in [1.82, 2.24) is 14.7 Å². The van der Waals surface area contributed by atoms with Gasteiger partial charge in [0.2, 0.25) is 5.91 Å². The van der Waals surface area contributed by atoms with Crippen LogP contribution in [0, 0.1) is 6.92 Å². The summed E-state index contributed by atoms with van der Waals surface area (Å²) in [4.78, 5) is 28.1. The maximum atomic E-state index is 12.7. The van der Waals surface area contributed by atoms with Crippen LogP contribution in [0.1, 0.15) is 25.3 Å². The quantitative estimate of drug-likeness (QED) is 0.781. The summed E-state index contributed by atoms with van der Waals surface area (Å²) in [5, 5.41) is 5.00. The van der Waals surface area contributed by atoms with Crippen LogP contribution < -0.4 is 10.5 Å². The lowest BCUT2D eigenvalue weighted by Crippen LogP contribution is -2.45. The van der Waals surface area contributed by atoms with Crippen LogP contribution in [0.5, 0.6) is 0 Å². The number of rotatable bonds is 3. The highest BCUT2D eigenvalue weighted by Gasteiger charge is 2.26. The zero-order valence-corrected chi connectivity index (χ0v) is 17.1. The molecule has 0 N–H and O–H groups in total. The number of anilines is 1. The third kappa shape index (κ3) is 3.96. The molecule has 27 heavy (non-hydrogen) atoms. The average Bonchev–Trinajstić information content (AvgIpc) is 2.66. The summed E-state index contributed by atoms with van der Waals surface area (Å²) in [6, 6.07) is 5.53. The third-order valence-electron chi connectivity index (χ3n) is 5.15. The number of halogens is 2. The van der Waals surface area contributed by atoms with Crippen molar-refractivity contribution in [2.75, 3.05) is 25.0 Å². The van der Waals surface area contributed by atoms with Crippen molar-refractivity contribution in [1.29, 1.82) is 0 Å². The largest absolute Gasteiger partial charge is 0.369 e. The zero-order chi connectivity index (χ0) is 19.7. The maximum Gasteiger partial charge on any atom is 0.292 e. The number of hydrogen-bond donors (Lipinski definition) is 0. The van der Waals surface area contributed by atoms with Crippen molar-refractivity contribution in [2.45, 2.75) is 32.7 Å². The van der Waals surface area contributed by atoms with Gasteiger partial charge in [0.05, 0.1) is 17.6 Å². The van der Waals surface area contributed by atoms with Gasteiger partial charge in [-0.15, -0.1) is 0 Å². The van der Waals surface area contributed by atoms with Crippen LogP contribution in [0.3, 0.4) is 0 Å². The summed E-state index contributed by atoms with van der Waals surface area (Å²) in [7, 11) is 1.82. The molecule has 144 valence electrons. The summed E-state index contributed by atoms with van der Waals surface area (Å²) < 4.78 is 1.26. The molecule has 2 aromatic rings. The first-order chi connectivity index (χ1) is 12.8. The fraction of sp³-hybridized carbons (Fsp3) is 0.421. The number of piperidine rings is 1. The monoisotopic (exact) mass is 408 g/mol. The van der Waals surface area contributed by atoms with Gasteiger partial charge in [-0.3, -0.25) is 9.59 Å². The van der Waals surface area contributed by atoms with Crippen molar-refractivity contribution >= 4 is 34.8 Å². The minimum Gasteiger partial charge on any atom is -0.369 e. The number of carbonyl (C=O) groups is 1. The smallest absolute Gasteiger partial charge is 0.292 e. The maximum absolute atomic E-state index is 12.7. The molecule has 1 saturated heterocycles. The third-order valence-corrected chi connectivity index (χ3v) is 5.91. The molecule has 0 saturated carbocycles. The Bertz CT molecular complexity index is 920. The van der Waals surface area contributed by atoms with Crippen molar-refractivity contribution in [3.63, 3.8) is 0 Å². The van der Waals surface area contributed by atoms with Crippen LogP contribution in [0.2, 0.25) is 10.0 Å². The lowest BCUT2D eigenvalue weighted by Gasteiger charge is -2.37. The fourth-order valence-electron chi connectivity index (χ4n) is 3.29. The molecule has 6 nitrogen and oxygen atoms in total. The number of nitrogens with zero attached hydrogens (tertiary/aromatic N) is 4. The predicted molar refractivity (Wildman–Crippen MR) is 108 cm³/mol. The Morgan fingerprint density at radius 3 is 2.52 bits per heavy atom. The molecular weight excluding hydrogens is 387 g/mol. The molecule has 1 aliphatic heterocycles. The highest BCUT2D eigenvalue weighted by molar-refractivity contribution is 6.33. The zero-order valence-electron chi connectivity index (χ0n) is 15.6. The number of benzene rings is 1. The molecule has 0 unspecified atom stereocenters. The Hall–Kier alpha value is -2.05. The van der Waals surface area contributed by atoms with Crippen molar-refractivity contribution in [3.05, 3.63) is 50.4 Å². The van der Waals surface area contributed by atoms with E-state index in [1.165, 1.54) is 4.68 Å². The molecular formula is C19H22Cl2N4O2.